The van der Waals surface area contributed by atoms with E-state index < -0.39 is 24.4 Å². The van der Waals surface area contributed by atoms with E-state index in [-0.39, 0.29) is 5.56 Å². The van der Waals surface area contributed by atoms with Crippen molar-refractivity contribution in [3.8, 4) is 5.75 Å². The number of halogens is 1. The second-order valence-corrected chi connectivity index (χ2v) is 7.56. The Kier molecular flexibility index (Phi) is 7.83. The molecule has 0 aliphatic rings. The van der Waals surface area contributed by atoms with Crippen LogP contribution in [0.2, 0.25) is 5.02 Å². The minimum atomic E-state index is -0.676. The molecule has 0 spiro atoms. The molecule has 0 aliphatic carbocycles. The summed E-state index contributed by atoms with van der Waals surface area (Å²) in [7, 11) is 1.41. The summed E-state index contributed by atoms with van der Waals surface area (Å²) in [5.74, 6) is -1.56. The van der Waals surface area contributed by atoms with Crippen LogP contribution in [0.15, 0.2) is 24.3 Å². The minimum Gasteiger partial charge on any atom is -0.496 e. The van der Waals surface area contributed by atoms with Crippen LogP contribution in [-0.2, 0) is 16.0 Å². The van der Waals surface area contributed by atoms with E-state index in [1.54, 1.807) is 12.1 Å². The molecule has 2 aromatic rings. The molecule has 0 bridgehead atoms. The van der Waals surface area contributed by atoms with Gasteiger partial charge in [-0.15, -0.1) is 11.3 Å². The maximum Gasteiger partial charge on any atom is 0.348 e. The fraction of sp³-hybridized carbons (Fsp3) is 0.316. The lowest BCUT2D eigenvalue weighted by molar-refractivity contribution is -0.125. The summed E-state index contributed by atoms with van der Waals surface area (Å²) in [5.41, 5.74) is 5.67. The molecule has 7 nitrogen and oxygen atoms in total. The van der Waals surface area contributed by atoms with Gasteiger partial charge in [0, 0.05) is 9.90 Å². The smallest absolute Gasteiger partial charge is 0.348 e. The number of aryl methyl sites for hydroxylation is 2. The van der Waals surface area contributed by atoms with Crippen molar-refractivity contribution in [2.45, 2.75) is 26.7 Å². The van der Waals surface area contributed by atoms with Gasteiger partial charge in [-0.05, 0) is 43.2 Å². The van der Waals surface area contributed by atoms with E-state index in [0.717, 1.165) is 23.3 Å². The molecule has 0 saturated carbocycles. The van der Waals surface area contributed by atoms with Gasteiger partial charge in [0.05, 0.1) is 12.7 Å². The van der Waals surface area contributed by atoms with Crippen molar-refractivity contribution in [1.29, 1.82) is 0 Å². The van der Waals surface area contributed by atoms with Crippen molar-refractivity contribution < 1.29 is 23.9 Å². The van der Waals surface area contributed by atoms with Gasteiger partial charge in [-0.1, -0.05) is 24.9 Å². The average molecular weight is 425 g/mol. The molecule has 0 fully saturated rings. The van der Waals surface area contributed by atoms with Crippen LogP contribution in [0.25, 0.3) is 0 Å². The second kappa shape index (κ2) is 10.1. The van der Waals surface area contributed by atoms with Crippen LogP contribution >= 0.6 is 22.9 Å². The van der Waals surface area contributed by atoms with Crippen molar-refractivity contribution >= 4 is 40.7 Å². The molecule has 0 unspecified atom stereocenters. The molecule has 0 atom stereocenters. The van der Waals surface area contributed by atoms with E-state index in [1.807, 2.05) is 6.92 Å². The third kappa shape index (κ3) is 5.71. The Labute approximate surface area is 171 Å². The third-order valence-corrected chi connectivity index (χ3v) is 5.10. The molecule has 1 aromatic heterocycles. The first kappa shape index (κ1) is 21.7. The topological polar surface area (TPSA) is 93.7 Å². The van der Waals surface area contributed by atoms with Gasteiger partial charge < -0.3 is 9.47 Å². The Bertz CT molecular complexity index is 881. The van der Waals surface area contributed by atoms with E-state index >= 15 is 0 Å². The Balaban J connectivity index is 1.86. The van der Waals surface area contributed by atoms with Gasteiger partial charge >= 0.3 is 5.97 Å². The maximum absolute atomic E-state index is 12.2. The number of thiophene rings is 1. The fourth-order valence-corrected chi connectivity index (χ4v) is 3.57. The standard InChI is InChI=1S/C19H21ClN2O5S/c1-4-5-12-8-16(28-11(12)2)19(25)27-10-17(23)21-22-18(24)14-9-13(20)6-7-15(14)26-3/h6-9H,4-5,10H2,1-3H3,(H,21,23)(H,22,24). The Morgan fingerprint density at radius 1 is 1.18 bits per heavy atom. The van der Waals surface area contributed by atoms with Crippen LogP contribution in [0.5, 0.6) is 5.75 Å². The zero-order valence-corrected chi connectivity index (χ0v) is 17.3. The molecule has 28 heavy (non-hydrogen) atoms. The molecule has 2 rings (SSSR count). The van der Waals surface area contributed by atoms with E-state index in [9.17, 15) is 14.4 Å². The van der Waals surface area contributed by atoms with Crippen LogP contribution in [0, 0.1) is 6.92 Å². The lowest BCUT2D eigenvalue weighted by atomic mass is 10.1. The van der Waals surface area contributed by atoms with Crippen molar-refractivity contribution in [2.24, 2.45) is 0 Å². The summed E-state index contributed by atoms with van der Waals surface area (Å²) in [6.45, 7) is 3.48. The van der Waals surface area contributed by atoms with Gasteiger partial charge in [-0.3, -0.25) is 20.4 Å². The number of esters is 1. The van der Waals surface area contributed by atoms with Crippen LogP contribution in [0.1, 0.15) is 43.8 Å². The predicted molar refractivity (Wildman–Crippen MR) is 107 cm³/mol. The van der Waals surface area contributed by atoms with Crippen LogP contribution < -0.4 is 15.6 Å². The SMILES string of the molecule is CCCc1cc(C(=O)OCC(=O)NNC(=O)c2cc(Cl)ccc2OC)sc1C. The van der Waals surface area contributed by atoms with Gasteiger partial charge in [-0.25, -0.2) is 4.79 Å². The molecule has 0 aliphatic heterocycles. The number of rotatable bonds is 7. The molecular formula is C19H21ClN2O5S. The van der Waals surface area contributed by atoms with Crippen LogP contribution in [-0.4, -0.2) is 31.5 Å². The Morgan fingerprint density at radius 3 is 2.61 bits per heavy atom. The zero-order chi connectivity index (χ0) is 20.7. The minimum absolute atomic E-state index is 0.157. The average Bonchev–Trinajstić information content (AvgIpc) is 3.05. The van der Waals surface area contributed by atoms with Crippen molar-refractivity contribution in [2.75, 3.05) is 13.7 Å². The number of nitrogens with one attached hydrogen (secondary N) is 2. The summed E-state index contributed by atoms with van der Waals surface area (Å²) in [6, 6.07) is 6.32. The molecule has 2 N–H and O–H groups in total. The number of hydrogen-bond donors (Lipinski definition) is 2. The van der Waals surface area contributed by atoms with Gasteiger partial charge in [0.15, 0.2) is 6.61 Å². The van der Waals surface area contributed by atoms with Gasteiger partial charge in [0.2, 0.25) is 0 Å². The summed E-state index contributed by atoms with van der Waals surface area (Å²) in [5, 5.41) is 0.347. The van der Waals surface area contributed by atoms with E-state index in [0.29, 0.717) is 15.6 Å². The molecule has 2 amide bonds. The lowest BCUT2D eigenvalue weighted by Gasteiger charge is -2.10. The highest BCUT2D eigenvalue weighted by Gasteiger charge is 2.17. The van der Waals surface area contributed by atoms with Gasteiger partial charge in [0.1, 0.15) is 10.6 Å². The number of ether oxygens (including phenoxy) is 2. The first-order valence-electron chi connectivity index (χ1n) is 8.54. The highest BCUT2D eigenvalue weighted by molar-refractivity contribution is 7.14. The molecular weight excluding hydrogens is 404 g/mol. The number of carbonyl (C=O) groups is 3. The Morgan fingerprint density at radius 2 is 1.93 bits per heavy atom. The van der Waals surface area contributed by atoms with Crippen molar-refractivity contribution in [3.63, 3.8) is 0 Å². The lowest BCUT2D eigenvalue weighted by Crippen LogP contribution is -2.43. The summed E-state index contributed by atoms with van der Waals surface area (Å²) >= 11 is 7.21. The number of amides is 2. The van der Waals surface area contributed by atoms with Crippen LogP contribution in [0.4, 0.5) is 0 Å². The molecule has 1 aromatic carbocycles. The van der Waals surface area contributed by atoms with Gasteiger partial charge in [0.25, 0.3) is 11.8 Å². The number of methoxy groups -OCH3 is 1. The quantitative estimate of drug-likeness (QED) is 0.525. The zero-order valence-electron chi connectivity index (χ0n) is 15.8. The highest BCUT2D eigenvalue weighted by Crippen LogP contribution is 2.24. The number of carbonyl (C=O) groups excluding carboxylic acids is 3. The first-order chi connectivity index (χ1) is 13.3. The largest absolute Gasteiger partial charge is 0.496 e. The summed E-state index contributed by atoms with van der Waals surface area (Å²) in [6.07, 6.45) is 1.86. The van der Waals surface area contributed by atoms with Gasteiger partial charge in [-0.2, -0.15) is 0 Å². The summed E-state index contributed by atoms with van der Waals surface area (Å²) < 4.78 is 10.1. The molecule has 0 radical (unpaired) electrons. The summed E-state index contributed by atoms with van der Waals surface area (Å²) in [4.78, 5) is 37.6. The number of hydrazine groups is 1. The number of benzene rings is 1. The van der Waals surface area contributed by atoms with E-state index in [4.69, 9.17) is 21.1 Å². The highest BCUT2D eigenvalue weighted by atomic mass is 35.5. The predicted octanol–water partition coefficient (Wildman–Crippen LogP) is 3.29. The second-order valence-electron chi connectivity index (χ2n) is 5.87. The third-order valence-electron chi connectivity index (χ3n) is 3.80. The fourth-order valence-electron chi connectivity index (χ4n) is 2.43. The van der Waals surface area contributed by atoms with Crippen molar-refractivity contribution in [1.82, 2.24) is 10.9 Å². The maximum atomic E-state index is 12.2. The van der Waals surface area contributed by atoms with Crippen LogP contribution in [0.3, 0.4) is 0 Å². The van der Waals surface area contributed by atoms with Crippen molar-refractivity contribution in [3.05, 3.63) is 50.2 Å². The molecule has 9 heteroatoms. The molecule has 150 valence electrons. The monoisotopic (exact) mass is 424 g/mol. The van der Waals surface area contributed by atoms with E-state index in [1.165, 1.54) is 30.6 Å². The molecule has 1 heterocycles. The molecule has 0 saturated heterocycles. The normalized spacial score (nSPS) is 10.3. The van der Waals surface area contributed by atoms with E-state index in [2.05, 4.69) is 17.8 Å². The number of hydrogen-bond acceptors (Lipinski definition) is 6. The Hall–Kier alpha value is -2.58. The first-order valence-corrected chi connectivity index (χ1v) is 9.74.